The Morgan fingerprint density at radius 2 is 1.96 bits per heavy atom. The summed E-state index contributed by atoms with van der Waals surface area (Å²) in [7, 11) is 0. The number of H-pyrrole nitrogens is 1. The lowest BCUT2D eigenvalue weighted by Gasteiger charge is -2.16. The molecule has 1 aromatic carbocycles. The van der Waals surface area contributed by atoms with Gasteiger partial charge in [-0.25, -0.2) is 4.98 Å². The van der Waals surface area contributed by atoms with E-state index in [0.717, 1.165) is 22.0 Å². The van der Waals surface area contributed by atoms with Crippen LogP contribution in [-0.4, -0.2) is 27.4 Å². The second-order valence-electron chi connectivity index (χ2n) is 6.69. The first-order valence-electron chi connectivity index (χ1n) is 7.96. The summed E-state index contributed by atoms with van der Waals surface area (Å²) in [6.45, 7) is 6.29. The Morgan fingerprint density at radius 3 is 2.72 bits per heavy atom. The summed E-state index contributed by atoms with van der Waals surface area (Å²) >= 11 is 0. The van der Waals surface area contributed by atoms with Crippen molar-refractivity contribution in [3.8, 4) is 23.0 Å². The molecule has 0 aliphatic heterocycles. The van der Waals surface area contributed by atoms with E-state index in [1.54, 1.807) is 6.20 Å². The van der Waals surface area contributed by atoms with Crippen molar-refractivity contribution in [2.75, 3.05) is 18.1 Å². The number of hydrogen-bond donors (Lipinski definition) is 3. The summed E-state index contributed by atoms with van der Waals surface area (Å²) in [4.78, 5) is 4.15. The Balaban J connectivity index is 2.00. The smallest absolute Gasteiger partial charge is 0.153 e. The van der Waals surface area contributed by atoms with Crippen LogP contribution in [0.2, 0.25) is 0 Å². The van der Waals surface area contributed by atoms with Crippen molar-refractivity contribution in [2.45, 2.75) is 26.4 Å². The number of nitrogens with two attached hydrogens (primary N) is 2. The van der Waals surface area contributed by atoms with Gasteiger partial charge in [0.25, 0.3) is 0 Å². The molecule has 6 nitrogen and oxygen atoms in total. The average Bonchev–Trinajstić information content (AvgIpc) is 2.92. The largest absolute Gasteiger partial charge is 0.383 e. The number of benzene rings is 1. The van der Waals surface area contributed by atoms with Crippen LogP contribution in [0.5, 0.6) is 0 Å². The predicted octanol–water partition coefficient (Wildman–Crippen LogP) is 2.96. The highest BCUT2D eigenvalue weighted by molar-refractivity contribution is 5.93. The van der Waals surface area contributed by atoms with E-state index in [1.165, 1.54) is 0 Å². The molecule has 0 unspecified atom stereocenters. The molecule has 3 aromatic rings. The van der Waals surface area contributed by atoms with Crippen LogP contribution in [0.25, 0.3) is 22.0 Å². The number of fused-ring (bicyclic) bond motifs is 1. The maximum absolute atomic E-state index is 6.05. The second-order valence-corrected chi connectivity index (χ2v) is 6.69. The SMILES string of the molecule is CC(C)(C)OCC#Cc1c(-c2ccc3[nH]nc(N)c3c2)ccnc1N. The number of nitrogens with one attached hydrogen (secondary N) is 1. The maximum atomic E-state index is 6.05. The Labute approximate surface area is 146 Å². The number of pyridine rings is 1. The fourth-order valence-corrected chi connectivity index (χ4v) is 2.43. The summed E-state index contributed by atoms with van der Waals surface area (Å²) in [5.41, 5.74) is 15.1. The molecule has 128 valence electrons. The van der Waals surface area contributed by atoms with E-state index in [4.69, 9.17) is 16.2 Å². The topological polar surface area (TPSA) is 103 Å². The first kappa shape index (κ1) is 16.8. The summed E-state index contributed by atoms with van der Waals surface area (Å²) < 4.78 is 5.64. The lowest BCUT2D eigenvalue weighted by Crippen LogP contribution is -2.19. The van der Waals surface area contributed by atoms with E-state index in [0.29, 0.717) is 23.8 Å². The lowest BCUT2D eigenvalue weighted by molar-refractivity contribution is 0.0181. The van der Waals surface area contributed by atoms with Crippen LogP contribution in [-0.2, 0) is 4.74 Å². The third-order valence-electron chi connectivity index (χ3n) is 3.67. The molecule has 25 heavy (non-hydrogen) atoms. The molecule has 0 saturated heterocycles. The van der Waals surface area contributed by atoms with Gasteiger partial charge in [-0.1, -0.05) is 17.9 Å². The van der Waals surface area contributed by atoms with Crippen LogP contribution in [0.4, 0.5) is 11.6 Å². The highest BCUT2D eigenvalue weighted by atomic mass is 16.5. The molecular weight excluding hydrogens is 314 g/mol. The van der Waals surface area contributed by atoms with Crippen molar-refractivity contribution in [3.63, 3.8) is 0 Å². The van der Waals surface area contributed by atoms with Crippen molar-refractivity contribution in [1.29, 1.82) is 0 Å². The van der Waals surface area contributed by atoms with Crippen molar-refractivity contribution < 1.29 is 4.74 Å². The van der Waals surface area contributed by atoms with Crippen LogP contribution in [0.15, 0.2) is 30.5 Å². The number of rotatable bonds is 2. The third kappa shape index (κ3) is 3.73. The van der Waals surface area contributed by atoms with Gasteiger partial charge in [-0.3, -0.25) is 5.10 Å². The van der Waals surface area contributed by atoms with Crippen LogP contribution >= 0.6 is 0 Å². The fourth-order valence-electron chi connectivity index (χ4n) is 2.43. The second kappa shape index (κ2) is 6.46. The fraction of sp³-hybridized carbons (Fsp3) is 0.263. The number of nitrogen functional groups attached to an aromatic ring is 2. The van der Waals surface area contributed by atoms with Gasteiger partial charge < -0.3 is 16.2 Å². The van der Waals surface area contributed by atoms with Crippen LogP contribution in [0, 0.1) is 11.8 Å². The van der Waals surface area contributed by atoms with Gasteiger partial charge in [0.1, 0.15) is 12.4 Å². The van der Waals surface area contributed by atoms with E-state index in [2.05, 4.69) is 27.0 Å². The van der Waals surface area contributed by atoms with E-state index < -0.39 is 0 Å². The molecule has 0 amide bonds. The number of anilines is 2. The molecule has 2 heterocycles. The van der Waals surface area contributed by atoms with Gasteiger partial charge in [0.2, 0.25) is 0 Å². The van der Waals surface area contributed by atoms with Crippen molar-refractivity contribution in [3.05, 3.63) is 36.0 Å². The molecule has 0 atom stereocenters. The number of aromatic amines is 1. The van der Waals surface area contributed by atoms with Gasteiger partial charge in [0.05, 0.1) is 16.7 Å². The zero-order valence-corrected chi connectivity index (χ0v) is 14.6. The van der Waals surface area contributed by atoms with Crippen molar-refractivity contribution in [1.82, 2.24) is 15.2 Å². The summed E-state index contributed by atoms with van der Waals surface area (Å²) in [6.07, 6.45) is 1.67. The summed E-state index contributed by atoms with van der Waals surface area (Å²) in [5, 5.41) is 7.78. The predicted molar refractivity (Wildman–Crippen MR) is 101 cm³/mol. The third-order valence-corrected chi connectivity index (χ3v) is 3.67. The molecular formula is C19H21N5O. The molecule has 0 spiro atoms. The van der Waals surface area contributed by atoms with Gasteiger partial charge in [-0.2, -0.15) is 5.10 Å². The van der Waals surface area contributed by atoms with Crippen molar-refractivity contribution in [2.24, 2.45) is 0 Å². The zero-order chi connectivity index (χ0) is 18.0. The highest BCUT2D eigenvalue weighted by Crippen LogP contribution is 2.29. The number of aromatic nitrogens is 3. The van der Waals surface area contributed by atoms with E-state index in [1.807, 2.05) is 45.0 Å². The number of ether oxygens (including phenoxy) is 1. The summed E-state index contributed by atoms with van der Waals surface area (Å²) in [6, 6.07) is 7.78. The van der Waals surface area contributed by atoms with Crippen LogP contribution < -0.4 is 11.5 Å². The first-order chi connectivity index (χ1) is 11.8. The molecule has 0 radical (unpaired) electrons. The van der Waals surface area contributed by atoms with E-state index >= 15 is 0 Å². The number of hydrogen-bond acceptors (Lipinski definition) is 5. The monoisotopic (exact) mass is 335 g/mol. The Kier molecular flexibility index (Phi) is 4.34. The Bertz CT molecular complexity index is 973. The molecule has 0 aliphatic carbocycles. The van der Waals surface area contributed by atoms with Gasteiger partial charge in [0.15, 0.2) is 5.82 Å². The van der Waals surface area contributed by atoms with Crippen LogP contribution in [0.3, 0.4) is 0 Å². The minimum Gasteiger partial charge on any atom is -0.383 e. The normalized spacial score (nSPS) is 11.3. The molecule has 6 heteroatoms. The molecule has 5 N–H and O–H groups in total. The zero-order valence-electron chi connectivity index (χ0n) is 14.6. The lowest BCUT2D eigenvalue weighted by atomic mass is 10.00. The standard InChI is InChI=1S/C19H21N5O/c1-19(2,3)25-10-4-5-14-13(8-9-22-17(14)20)12-6-7-16-15(11-12)18(21)24-23-16/h6-9,11H,10H2,1-3H3,(H2,20,22)(H3,21,23,24). The minimum absolute atomic E-state index is 0.234. The van der Waals surface area contributed by atoms with E-state index in [-0.39, 0.29) is 5.60 Å². The Hall–Kier alpha value is -3.04. The molecule has 0 bridgehead atoms. The quantitative estimate of drug-likeness (QED) is 0.625. The van der Waals surface area contributed by atoms with Gasteiger partial charge >= 0.3 is 0 Å². The highest BCUT2D eigenvalue weighted by Gasteiger charge is 2.11. The first-order valence-corrected chi connectivity index (χ1v) is 7.96. The molecule has 0 aliphatic rings. The molecule has 0 saturated carbocycles. The number of nitrogens with zero attached hydrogens (tertiary/aromatic N) is 2. The molecule has 3 rings (SSSR count). The van der Waals surface area contributed by atoms with Gasteiger partial charge in [-0.05, 0) is 44.5 Å². The van der Waals surface area contributed by atoms with Gasteiger partial charge in [0, 0.05) is 17.1 Å². The summed E-state index contributed by atoms with van der Waals surface area (Å²) in [5.74, 6) is 6.96. The average molecular weight is 335 g/mol. The maximum Gasteiger partial charge on any atom is 0.153 e. The van der Waals surface area contributed by atoms with Gasteiger partial charge in [-0.15, -0.1) is 0 Å². The molecule has 0 fully saturated rings. The Morgan fingerprint density at radius 1 is 1.16 bits per heavy atom. The van der Waals surface area contributed by atoms with Crippen molar-refractivity contribution >= 4 is 22.5 Å². The van der Waals surface area contributed by atoms with E-state index in [9.17, 15) is 0 Å². The van der Waals surface area contributed by atoms with Crippen LogP contribution in [0.1, 0.15) is 26.3 Å². The molecule has 2 aromatic heterocycles. The minimum atomic E-state index is -0.234.